The van der Waals surface area contributed by atoms with Gasteiger partial charge in [-0.3, -0.25) is 14.9 Å². The Morgan fingerprint density at radius 2 is 2.00 bits per heavy atom. The molecule has 1 atom stereocenters. The van der Waals surface area contributed by atoms with Crippen LogP contribution in [0.25, 0.3) is 6.08 Å². The van der Waals surface area contributed by atoms with Crippen LogP contribution in [0.1, 0.15) is 48.3 Å². The smallest absolute Gasteiger partial charge is 0.433 e. The van der Waals surface area contributed by atoms with E-state index in [0.717, 1.165) is 24.5 Å². The van der Waals surface area contributed by atoms with Gasteiger partial charge in [-0.05, 0) is 61.4 Å². The van der Waals surface area contributed by atoms with Crippen LogP contribution in [0.3, 0.4) is 0 Å². The van der Waals surface area contributed by atoms with Crippen molar-refractivity contribution in [2.75, 3.05) is 6.61 Å². The number of amides is 1. The molecule has 8 heteroatoms. The molecule has 1 aliphatic rings. The number of benzene rings is 1. The quantitative estimate of drug-likeness (QED) is 0.331. The van der Waals surface area contributed by atoms with Crippen LogP contribution in [0, 0.1) is 10.1 Å². The standard InChI is InChI=1S/C21H22N2O6/c1-14(16-7-6-15-4-2-3-5-17(15)12-16)22-19(24)13-28-21(25)11-9-18-8-10-20(29-18)23(26)27/h6-12,14H,2-5,13H2,1H3,(H,22,24)/b11-9+/t14-/m0/s1. The average Bonchev–Trinajstić information content (AvgIpc) is 3.20. The van der Waals surface area contributed by atoms with Crippen LogP contribution in [-0.4, -0.2) is 23.4 Å². The number of carbonyl (C=O) groups excluding carboxylic acids is 2. The van der Waals surface area contributed by atoms with E-state index in [9.17, 15) is 19.7 Å². The molecule has 29 heavy (non-hydrogen) atoms. The third kappa shape index (κ3) is 5.54. The fourth-order valence-corrected chi connectivity index (χ4v) is 3.25. The molecule has 2 aromatic rings. The lowest BCUT2D eigenvalue weighted by Crippen LogP contribution is -2.31. The van der Waals surface area contributed by atoms with E-state index >= 15 is 0 Å². The highest BCUT2D eigenvalue weighted by Gasteiger charge is 2.15. The first-order chi connectivity index (χ1) is 13.9. The summed E-state index contributed by atoms with van der Waals surface area (Å²) in [5.41, 5.74) is 3.73. The van der Waals surface area contributed by atoms with Crippen molar-refractivity contribution in [2.24, 2.45) is 0 Å². The zero-order chi connectivity index (χ0) is 20.8. The first kappa shape index (κ1) is 20.3. The minimum absolute atomic E-state index is 0.138. The van der Waals surface area contributed by atoms with Gasteiger partial charge in [0, 0.05) is 6.08 Å². The number of nitro groups is 1. The molecule has 0 bridgehead atoms. The molecule has 1 N–H and O–H groups in total. The van der Waals surface area contributed by atoms with Crippen molar-refractivity contribution < 1.29 is 23.7 Å². The molecule has 1 aromatic carbocycles. The molecule has 1 aromatic heterocycles. The summed E-state index contributed by atoms with van der Waals surface area (Å²) >= 11 is 0. The number of nitrogens with one attached hydrogen (secondary N) is 1. The van der Waals surface area contributed by atoms with E-state index in [0.29, 0.717) is 0 Å². The lowest BCUT2D eigenvalue weighted by molar-refractivity contribution is -0.402. The molecular weight excluding hydrogens is 376 g/mol. The zero-order valence-corrected chi connectivity index (χ0v) is 16.1. The number of fused-ring (bicyclic) bond motifs is 1. The number of aryl methyl sites for hydroxylation is 2. The van der Waals surface area contributed by atoms with Crippen molar-refractivity contribution in [3.8, 4) is 0 Å². The van der Waals surface area contributed by atoms with Crippen molar-refractivity contribution in [2.45, 2.75) is 38.6 Å². The van der Waals surface area contributed by atoms with Crippen molar-refractivity contribution in [3.63, 3.8) is 0 Å². The summed E-state index contributed by atoms with van der Waals surface area (Å²) in [5.74, 6) is -1.45. The summed E-state index contributed by atoms with van der Waals surface area (Å²) in [6, 6.07) is 8.61. The summed E-state index contributed by atoms with van der Waals surface area (Å²) in [7, 11) is 0. The summed E-state index contributed by atoms with van der Waals surface area (Å²) in [5, 5.41) is 13.4. The lowest BCUT2D eigenvalue weighted by Gasteiger charge is -2.20. The summed E-state index contributed by atoms with van der Waals surface area (Å²) in [6.07, 6.45) is 6.85. The molecule has 1 aliphatic carbocycles. The van der Waals surface area contributed by atoms with Gasteiger partial charge in [-0.1, -0.05) is 18.2 Å². The second-order valence-electron chi connectivity index (χ2n) is 6.90. The van der Waals surface area contributed by atoms with Gasteiger partial charge in [0.15, 0.2) is 6.61 Å². The minimum Gasteiger partial charge on any atom is -0.452 e. The molecule has 0 fully saturated rings. The Balaban J connectivity index is 1.46. The number of furan rings is 1. The Kier molecular flexibility index (Phi) is 6.43. The Labute approximate surface area is 167 Å². The highest BCUT2D eigenvalue weighted by molar-refractivity contribution is 5.89. The number of hydrogen-bond acceptors (Lipinski definition) is 6. The number of hydrogen-bond donors (Lipinski definition) is 1. The van der Waals surface area contributed by atoms with Crippen LogP contribution in [0.2, 0.25) is 0 Å². The van der Waals surface area contributed by atoms with E-state index in [-0.39, 0.29) is 11.8 Å². The fourth-order valence-electron chi connectivity index (χ4n) is 3.25. The second-order valence-corrected chi connectivity index (χ2v) is 6.90. The molecule has 8 nitrogen and oxygen atoms in total. The van der Waals surface area contributed by atoms with Crippen LogP contribution < -0.4 is 5.32 Å². The van der Waals surface area contributed by atoms with E-state index in [1.165, 1.54) is 42.2 Å². The van der Waals surface area contributed by atoms with E-state index in [1.54, 1.807) is 0 Å². The fraction of sp³-hybridized carbons (Fsp3) is 0.333. The molecule has 0 aliphatic heterocycles. The van der Waals surface area contributed by atoms with Crippen molar-refractivity contribution in [1.82, 2.24) is 5.32 Å². The number of esters is 1. The Bertz CT molecular complexity index is 946. The lowest BCUT2D eigenvalue weighted by atomic mass is 9.89. The van der Waals surface area contributed by atoms with Gasteiger partial charge < -0.3 is 14.5 Å². The van der Waals surface area contributed by atoms with E-state index in [2.05, 4.69) is 17.4 Å². The SMILES string of the molecule is C[C@H](NC(=O)COC(=O)/C=C/c1ccc([N+](=O)[O-])o1)c1ccc2c(c1)CCCC2. The maximum Gasteiger partial charge on any atom is 0.433 e. The molecular formula is C21H22N2O6. The maximum absolute atomic E-state index is 12.1. The first-order valence-electron chi connectivity index (χ1n) is 9.42. The van der Waals surface area contributed by atoms with Gasteiger partial charge in [0.2, 0.25) is 0 Å². The Morgan fingerprint density at radius 1 is 1.24 bits per heavy atom. The molecule has 0 spiro atoms. The number of nitrogens with zero attached hydrogens (tertiary/aromatic N) is 1. The van der Waals surface area contributed by atoms with E-state index in [1.807, 2.05) is 13.0 Å². The zero-order valence-electron chi connectivity index (χ0n) is 16.1. The molecule has 1 amide bonds. The van der Waals surface area contributed by atoms with E-state index in [4.69, 9.17) is 9.15 Å². The molecule has 152 valence electrons. The third-order valence-corrected chi connectivity index (χ3v) is 4.77. The third-order valence-electron chi connectivity index (χ3n) is 4.77. The molecule has 1 heterocycles. The molecule has 0 saturated heterocycles. The van der Waals surface area contributed by atoms with Crippen LogP contribution in [0.5, 0.6) is 0 Å². The largest absolute Gasteiger partial charge is 0.452 e. The van der Waals surface area contributed by atoms with Gasteiger partial charge in [-0.25, -0.2) is 4.79 Å². The van der Waals surface area contributed by atoms with Crippen LogP contribution in [0.4, 0.5) is 5.88 Å². The number of ether oxygens (including phenoxy) is 1. The molecule has 0 saturated carbocycles. The summed E-state index contributed by atoms with van der Waals surface area (Å²) < 4.78 is 9.78. The highest BCUT2D eigenvalue weighted by atomic mass is 16.6. The Hall–Kier alpha value is -3.42. The van der Waals surface area contributed by atoms with Gasteiger partial charge in [-0.2, -0.15) is 0 Å². The van der Waals surface area contributed by atoms with Gasteiger partial charge in [0.25, 0.3) is 5.91 Å². The summed E-state index contributed by atoms with van der Waals surface area (Å²) in [4.78, 5) is 33.6. The first-order valence-corrected chi connectivity index (χ1v) is 9.42. The number of carbonyl (C=O) groups is 2. The number of rotatable bonds is 7. The van der Waals surface area contributed by atoms with Gasteiger partial charge in [0.1, 0.15) is 10.7 Å². The van der Waals surface area contributed by atoms with Gasteiger partial charge in [0.05, 0.1) is 12.1 Å². The van der Waals surface area contributed by atoms with Gasteiger partial charge in [-0.15, -0.1) is 0 Å². The van der Waals surface area contributed by atoms with Crippen molar-refractivity contribution >= 4 is 23.8 Å². The van der Waals surface area contributed by atoms with Crippen LogP contribution in [-0.2, 0) is 27.2 Å². The normalized spacial score (nSPS) is 14.2. The highest BCUT2D eigenvalue weighted by Crippen LogP contribution is 2.24. The predicted molar refractivity (Wildman–Crippen MR) is 105 cm³/mol. The van der Waals surface area contributed by atoms with Crippen LogP contribution >= 0.6 is 0 Å². The minimum atomic E-state index is -0.749. The molecule has 0 unspecified atom stereocenters. The average molecular weight is 398 g/mol. The molecule has 0 radical (unpaired) electrons. The second kappa shape index (κ2) is 9.18. The monoisotopic (exact) mass is 398 g/mol. The molecule has 3 rings (SSSR count). The topological polar surface area (TPSA) is 112 Å². The van der Waals surface area contributed by atoms with Crippen LogP contribution in [0.15, 0.2) is 40.8 Å². The summed E-state index contributed by atoms with van der Waals surface area (Å²) in [6.45, 7) is 1.46. The van der Waals surface area contributed by atoms with Crippen molar-refractivity contribution in [1.29, 1.82) is 0 Å². The predicted octanol–water partition coefficient (Wildman–Crippen LogP) is 3.50. The van der Waals surface area contributed by atoms with Gasteiger partial charge >= 0.3 is 11.9 Å². The Morgan fingerprint density at radius 3 is 2.72 bits per heavy atom. The van der Waals surface area contributed by atoms with E-state index < -0.39 is 29.3 Å². The maximum atomic E-state index is 12.1. The van der Waals surface area contributed by atoms with Crippen molar-refractivity contribution in [3.05, 3.63) is 69.0 Å².